The van der Waals surface area contributed by atoms with Gasteiger partial charge in [0.25, 0.3) is 0 Å². The maximum Gasteiger partial charge on any atom is 0.164 e. The molecular weight excluding hydrogens is 234 g/mol. The lowest BCUT2D eigenvalue weighted by atomic mass is 9.70. The van der Waals surface area contributed by atoms with Crippen LogP contribution in [0, 0.1) is 24.0 Å². The van der Waals surface area contributed by atoms with E-state index in [4.69, 9.17) is 0 Å². The van der Waals surface area contributed by atoms with Crippen LogP contribution in [0.15, 0.2) is 12.1 Å². The minimum Gasteiger partial charge on any atom is -0.388 e. The van der Waals surface area contributed by atoms with Crippen molar-refractivity contribution in [3.05, 3.63) is 34.9 Å². The molecule has 1 nitrogen and oxygen atoms in total. The maximum absolute atomic E-state index is 13.9. The average Bonchev–Trinajstić information content (AvgIpc) is 2.36. The summed E-state index contributed by atoms with van der Waals surface area (Å²) >= 11 is 0. The fraction of sp³-hybridized carbons (Fsp3) is 0.600. The first kappa shape index (κ1) is 13.5. The highest BCUT2D eigenvalue weighted by Gasteiger charge is 2.37. The molecule has 100 valence electrons. The Balaban J connectivity index is 2.33. The molecule has 0 aromatic heterocycles. The number of aliphatic hydroxyl groups excluding tert-OH is 1. The van der Waals surface area contributed by atoms with E-state index in [0.29, 0.717) is 0 Å². The fourth-order valence-electron chi connectivity index (χ4n) is 2.88. The first-order chi connectivity index (χ1) is 8.46. The molecule has 1 unspecified atom stereocenters. The molecule has 0 amide bonds. The van der Waals surface area contributed by atoms with E-state index in [1.165, 1.54) is 19.1 Å². The van der Waals surface area contributed by atoms with E-state index in [2.05, 4.69) is 0 Å². The molecule has 2 rings (SSSR count). The predicted molar refractivity (Wildman–Crippen MR) is 67.2 cm³/mol. The number of hydrogen-bond donors (Lipinski definition) is 1. The molecule has 0 heterocycles. The van der Waals surface area contributed by atoms with Gasteiger partial charge in [0.15, 0.2) is 11.6 Å². The number of benzene rings is 1. The fourth-order valence-corrected chi connectivity index (χ4v) is 2.88. The molecule has 18 heavy (non-hydrogen) atoms. The van der Waals surface area contributed by atoms with E-state index in [1.807, 2.05) is 6.92 Å². The first-order valence-corrected chi connectivity index (χ1v) is 6.58. The first-order valence-electron chi connectivity index (χ1n) is 6.58. The summed E-state index contributed by atoms with van der Waals surface area (Å²) < 4.78 is 27.5. The highest BCUT2D eigenvalue weighted by atomic mass is 19.2. The summed E-state index contributed by atoms with van der Waals surface area (Å²) in [6.45, 7) is 3.49. The molecule has 1 N–H and O–H groups in total. The lowest BCUT2D eigenvalue weighted by molar-refractivity contribution is 0.00543. The highest BCUT2D eigenvalue weighted by Crippen LogP contribution is 2.46. The summed E-state index contributed by atoms with van der Waals surface area (Å²) in [5.74, 6) is -1.74. The van der Waals surface area contributed by atoms with Crippen molar-refractivity contribution in [1.82, 2.24) is 0 Å². The van der Waals surface area contributed by atoms with Gasteiger partial charge >= 0.3 is 0 Å². The van der Waals surface area contributed by atoms with Crippen LogP contribution in [0.4, 0.5) is 8.78 Å². The van der Waals surface area contributed by atoms with Crippen molar-refractivity contribution in [3.63, 3.8) is 0 Å². The second-order valence-corrected chi connectivity index (χ2v) is 5.72. The third-order valence-corrected chi connectivity index (χ3v) is 4.26. The van der Waals surface area contributed by atoms with Crippen LogP contribution >= 0.6 is 0 Å². The normalized spacial score (nSPS) is 20.7. The molecule has 1 aliphatic rings. The Labute approximate surface area is 107 Å². The molecule has 0 radical (unpaired) electrons. The van der Waals surface area contributed by atoms with Gasteiger partial charge in [-0.2, -0.15) is 0 Å². The Morgan fingerprint density at radius 1 is 1.11 bits per heavy atom. The van der Waals surface area contributed by atoms with Crippen molar-refractivity contribution in [2.24, 2.45) is 5.41 Å². The van der Waals surface area contributed by atoms with Crippen molar-refractivity contribution in [2.45, 2.75) is 52.1 Å². The third kappa shape index (κ3) is 2.28. The zero-order chi connectivity index (χ0) is 13.3. The molecule has 1 aliphatic carbocycles. The molecule has 1 fully saturated rings. The standard InChI is InChI=1S/C15H20F2O/c1-10-6-7-11(13(17)12(10)16)14(18)15(2)8-4-3-5-9-15/h6-7,14,18H,3-5,8-9H2,1-2H3. The van der Waals surface area contributed by atoms with E-state index in [-0.39, 0.29) is 16.5 Å². The van der Waals surface area contributed by atoms with E-state index >= 15 is 0 Å². The molecular formula is C15H20F2O. The van der Waals surface area contributed by atoms with Crippen molar-refractivity contribution in [1.29, 1.82) is 0 Å². The second-order valence-electron chi connectivity index (χ2n) is 5.72. The van der Waals surface area contributed by atoms with Crippen LogP contribution < -0.4 is 0 Å². The lowest BCUT2D eigenvalue weighted by Gasteiger charge is -2.38. The van der Waals surface area contributed by atoms with Gasteiger partial charge in [-0.3, -0.25) is 0 Å². The van der Waals surface area contributed by atoms with Crippen LogP contribution in [0.1, 0.15) is 56.3 Å². The van der Waals surface area contributed by atoms with Gasteiger partial charge < -0.3 is 5.11 Å². The van der Waals surface area contributed by atoms with Gasteiger partial charge in [-0.05, 0) is 30.7 Å². The van der Waals surface area contributed by atoms with Gasteiger partial charge in [0, 0.05) is 5.56 Å². The van der Waals surface area contributed by atoms with E-state index in [9.17, 15) is 13.9 Å². The van der Waals surface area contributed by atoms with Gasteiger partial charge in [-0.1, -0.05) is 38.3 Å². The minimum atomic E-state index is -0.923. The monoisotopic (exact) mass is 254 g/mol. The summed E-state index contributed by atoms with van der Waals surface area (Å²) in [5.41, 5.74) is 0.0422. The SMILES string of the molecule is Cc1ccc(C(O)C2(C)CCCCC2)c(F)c1F. The van der Waals surface area contributed by atoms with Gasteiger partial charge in [0.1, 0.15) is 0 Å². The molecule has 0 saturated heterocycles. The van der Waals surface area contributed by atoms with Crippen LogP contribution in [-0.2, 0) is 0 Å². The molecule has 1 atom stereocenters. The number of rotatable bonds is 2. The van der Waals surface area contributed by atoms with Gasteiger partial charge in [0.2, 0.25) is 0 Å². The topological polar surface area (TPSA) is 20.2 Å². The van der Waals surface area contributed by atoms with Crippen LogP contribution in [0.3, 0.4) is 0 Å². The Bertz CT molecular complexity index is 436. The Hall–Kier alpha value is -0.960. The largest absolute Gasteiger partial charge is 0.388 e. The van der Waals surface area contributed by atoms with E-state index in [0.717, 1.165) is 32.1 Å². The summed E-state index contributed by atoms with van der Waals surface area (Å²) in [5, 5.41) is 10.4. The molecule has 3 heteroatoms. The third-order valence-electron chi connectivity index (χ3n) is 4.26. The van der Waals surface area contributed by atoms with Crippen LogP contribution in [0.5, 0.6) is 0 Å². The van der Waals surface area contributed by atoms with Crippen LogP contribution in [0.25, 0.3) is 0 Å². The van der Waals surface area contributed by atoms with E-state index < -0.39 is 17.7 Å². The Kier molecular flexibility index (Phi) is 3.71. The van der Waals surface area contributed by atoms with Crippen molar-refractivity contribution >= 4 is 0 Å². The van der Waals surface area contributed by atoms with Gasteiger partial charge in [0.05, 0.1) is 6.10 Å². The number of hydrogen-bond acceptors (Lipinski definition) is 1. The number of aliphatic hydroxyl groups is 1. The zero-order valence-corrected chi connectivity index (χ0v) is 11.0. The average molecular weight is 254 g/mol. The molecule has 1 saturated carbocycles. The van der Waals surface area contributed by atoms with Gasteiger partial charge in [-0.25, -0.2) is 8.78 Å². The molecule has 0 spiro atoms. The minimum absolute atomic E-state index is 0.0995. The predicted octanol–water partition coefficient (Wildman–Crippen LogP) is 4.28. The quantitative estimate of drug-likeness (QED) is 0.835. The summed E-state index contributed by atoms with van der Waals surface area (Å²) in [7, 11) is 0. The number of halogens is 2. The summed E-state index contributed by atoms with van der Waals surface area (Å²) in [6.07, 6.45) is 4.06. The van der Waals surface area contributed by atoms with Crippen molar-refractivity contribution < 1.29 is 13.9 Å². The zero-order valence-electron chi connectivity index (χ0n) is 11.0. The van der Waals surface area contributed by atoms with Crippen LogP contribution in [-0.4, -0.2) is 5.11 Å². The van der Waals surface area contributed by atoms with Gasteiger partial charge in [-0.15, -0.1) is 0 Å². The van der Waals surface area contributed by atoms with Crippen molar-refractivity contribution in [2.75, 3.05) is 0 Å². The second kappa shape index (κ2) is 4.96. The summed E-state index contributed by atoms with van der Waals surface area (Å²) in [4.78, 5) is 0. The molecule has 0 bridgehead atoms. The molecule has 1 aromatic rings. The molecule has 0 aliphatic heterocycles. The number of aryl methyl sites for hydroxylation is 1. The van der Waals surface area contributed by atoms with Crippen molar-refractivity contribution in [3.8, 4) is 0 Å². The van der Waals surface area contributed by atoms with Crippen LogP contribution in [0.2, 0.25) is 0 Å². The smallest absolute Gasteiger partial charge is 0.164 e. The Morgan fingerprint density at radius 2 is 1.72 bits per heavy atom. The molecule has 1 aromatic carbocycles. The highest BCUT2D eigenvalue weighted by molar-refractivity contribution is 5.28. The van der Waals surface area contributed by atoms with E-state index in [1.54, 1.807) is 0 Å². The lowest BCUT2D eigenvalue weighted by Crippen LogP contribution is -2.29. The Morgan fingerprint density at radius 3 is 2.33 bits per heavy atom. The maximum atomic E-state index is 13.9. The summed E-state index contributed by atoms with van der Waals surface area (Å²) in [6, 6.07) is 3.04.